The summed E-state index contributed by atoms with van der Waals surface area (Å²) < 4.78 is 82.6. The molecule has 33 heavy (non-hydrogen) atoms. The lowest BCUT2D eigenvalue weighted by Gasteiger charge is -2.37. The molecule has 168 valence electrons. The predicted molar refractivity (Wildman–Crippen MR) is 115 cm³/mol. The monoisotopic (exact) mass is 456 g/mol. The normalized spacial score (nSPS) is 12.5. The highest BCUT2D eigenvalue weighted by atomic mass is 19.4. The largest absolute Gasteiger partial charge is 0.416 e. The van der Waals surface area contributed by atoms with E-state index in [1.165, 1.54) is 0 Å². The van der Waals surface area contributed by atoms with Gasteiger partial charge in [-0.25, -0.2) is 0 Å². The van der Waals surface area contributed by atoms with Gasteiger partial charge in [0.05, 0.1) is 16.5 Å². The summed E-state index contributed by atoms with van der Waals surface area (Å²) in [5.41, 5.74) is -2.57. The van der Waals surface area contributed by atoms with E-state index in [2.05, 4.69) is 0 Å². The van der Waals surface area contributed by atoms with E-state index >= 15 is 0 Å². The molecule has 0 radical (unpaired) electrons. The Hall–Kier alpha value is -3.54. The highest BCUT2D eigenvalue weighted by molar-refractivity contribution is 5.61. The molecule has 6 heteroatoms. The van der Waals surface area contributed by atoms with E-state index < -0.39 is 28.9 Å². The summed E-state index contributed by atoms with van der Waals surface area (Å²) in [6, 6.07) is 27.6. The predicted octanol–water partition coefficient (Wildman–Crippen LogP) is 8.11. The van der Waals surface area contributed by atoms with Gasteiger partial charge in [0, 0.05) is 0 Å². The number of rotatable bonds is 4. The molecule has 0 bridgehead atoms. The van der Waals surface area contributed by atoms with Gasteiger partial charge >= 0.3 is 12.4 Å². The van der Waals surface area contributed by atoms with Gasteiger partial charge in [0.15, 0.2) is 0 Å². The Bertz CT molecular complexity index is 1080. The zero-order chi connectivity index (χ0) is 23.7. The number of hydrogen-bond donors (Lipinski definition) is 0. The fraction of sp³-hybridized carbons (Fsp3) is 0.111. The molecular weight excluding hydrogens is 438 g/mol. The van der Waals surface area contributed by atoms with Crippen molar-refractivity contribution < 1.29 is 26.3 Å². The maximum absolute atomic E-state index is 13.8. The molecule has 0 amide bonds. The molecular formula is C27H18F6. The van der Waals surface area contributed by atoms with Crippen molar-refractivity contribution in [1.82, 2.24) is 0 Å². The average Bonchev–Trinajstić information content (AvgIpc) is 2.80. The lowest BCUT2D eigenvalue weighted by molar-refractivity contribution is -0.143. The maximum atomic E-state index is 13.8. The summed E-state index contributed by atoms with van der Waals surface area (Å²) >= 11 is 0. The molecule has 0 atom stereocenters. The summed E-state index contributed by atoms with van der Waals surface area (Å²) in [6.45, 7) is 0. The van der Waals surface area contributed by atoms with Crippen molar-refractivity contribution in [3.05, 3.63) is 143 Å². The molecule has 0 aliphatic carbocycles. The van der Waals surface area contributed by atoms with Crippen LogP contribution in [0.1, 0.15) is 33.4 Å². The van der Waals surface area contributed by atoms with Crippen LogP contribution in [0, 0.1) is 0 Å². The molecule has 4 aromatic rings. The van der Waals surface area contributed by atoms with Gasteiger partial charge < -0.3 is 0 Å². The Labute approximate surface area is 187 Å². The molecule has 0 aliphatic rings. The van der Waals surface area contributed by atoms with Gasteiger partial charge in [0.25, 0.3) is 0 Å². The van der Waals surface area contributed by atoms with E-state index in [1.807, 2.05) is 0 Å². The minimum atomic E-state index is -4.95. The van der Waals surface area contributed by atoms with Crippen LogP contribution in [0.25, 0.3) is 0 Å². The SMILES string of the molecule is FC(F)(F)c1cc(C(F)(F)F)cc(C(c2ccccc2)(c2ccccc2)c2ccccc2)c1. The molecule has 0 N–H and O–H groups in total. The molecule has 0 saturated heterocycles. The van der Waals surface area contributed by atoms with E-state index in [4.69, 9.17) is 0 Å². The Balaban J connectivity index is 2.20. The molecule has 0 fully saturated rings. The molecule has 0 saturated carbocycles. The molecule has 0 aromatic heterocycles. The van der Waals surface area contributed by atoms with Crippen LogP contribution >= 0.6 is 0 Å². The third-order valence-electron chi connectivity index (χ3n) is 5.64. The van der Waals surface area contributed by atoms with Gasteiger partial charge in [-0.05, 0) is 40.5 Å². The number of halogens is 6. The fourth-order valence-electron chi connectivity index (χ4n) is 4.24. The second kappa shape index (κ2) is 8.43. The molecule has 4 aromatic carbocycles. The number of benzene rings is 4. The second-order valence-corrected chi connectivity index (χ2v) is 7.64. The van der Waals surface area contributed by atoms with Crippen LogP contribution in [0.4, 0.5) is 26.3 Å². The highest BCUT2D eigenvalue weighted by Gasteiger charge is 2.43. The summed E-state index contributed by atoms with van der Waals surface area (Å²) in [5, 5.41) is 0. The van der Waals surface area contributed by atoms with E-state index in [0.29, 0.717) is 16.7 Å². The first kappa shape index (κ1) is 22.6. The van der Waals surface area contributed by atoms with Crippen molar-refractivity contribution in [2.75, 3.05) is 0 Å². The van der Waals surface area contributed by atoms with Gasteiger partial charge in [-0.1, -0.05) is 91.0 Å². The van der Waals surface area contributed by atoms with Gasteiger partial charge in [0.1, 0.15) is 0 Å². The summed E-state index contributed by atoms with van der Waals surface area (Å²) in [4.78, 5) is 0. The number of alkyl halides is 6. The zero-order valence-electron chi connectivity index (χ0n) is 17.2. The lowest BCUT2D eigenvalue weighted by atomic mass is 9.64. The summed E-state index contributed by atoms with van der Waals surface area (Å²) in [7, 11) is 0. The average molecular weight is 456 g/mol. The third-order valence-corrected chi connectivity index (χ3v) is 5.64. The lowest BCUT2D eigenvalue weighted by Crippen LogP contribution is -2.32. The van der Waals surface area contributed by atoms with Crippen molar-refractivity contribution in [2.24, 2.45) is 0 Å². The van der Waals surface area contributed by atoms with Crippen LogP contribution in [0.5, 0.6) is 0 Å². The fourth-order valence-corrected chi connectivity index (χ4v) is 4.24. The Morgan fingerprint density at radius 2 is 0.606 bits per heavy atom. The Kier molecular flexibility index (Phi) is 5.78. The maximum Gasteiger partial charge on any atom is 0.416 e. The molecule has 4 rings (SSSR count). The zero-order valence-corrected chi connectivity index (χ0v) is 17.2. The van der Waals surface area contributed by atoms with E-state index in [9.17, 15) is 26.3 Å². The first-order valence-corrected chi connectivity index (χ1v) is 10.1. The molecule has 0 nitrogen and oxygen atoms in total. The van der Waals surface area contributed by atoms with Crippen LogP contribution in [-0.2, 0) is 17.8 Å². The molecule has 0 unspecified atom stereocenters. The quantitative estimate of drug-likeness (QED) is 0.215. The van der Waals surface area contributed by atoms with Crippen LogP contribution in [0.2, 0.25) is 0 Å². The Morgan fingerprint density at radius 1 is 0.333 bits per heavy atom. The molecule has 0 aliphatic heterocycles. The minimum absolute atomic E-state index is 0.117. The van der Waals surface area contributed by atoms with Gasteiger partial charge in [0.2, 0.25) is 0 Å². The topological polar surface area (TPSA) is 0 Å². The van der Waals surface area contributed by atoms with Crippen molar-refractivity contribution in [3.8, 4) is 0 Å². The molecule has 0 spiro atoms. The van der Waals surface area contributed by atoms with Crippen molar-refractivity contribution >= 4 is 0 Å². The van der Waals surface area contributed by atoms with Crippen LogP contribution in [0.3, 0.4) is 0 Å². The Morgan fingerprint density at radius 3 is 0.879 bits per heavy atom. The molecule has 0 heterocycles. The number of hydrogen-bond acceptors (Lipinski definition) is 0. The van der Waals surface area contributed by atoms with Crippen molar-refractivity contribution in [1.29, 1.82) is 0 Å². The van der Waals surface area contributed by atoms with Crippen molar-refractivity contribution in [3.63, 3.8) is 0 Å². The van der Waals surface area contributed by atoms with Crippen LogP contribution in [0.15, 0.2) is 109 Å². The minimum Gasteiger partial charge on any atom is -0.166 e. The van der Waals surface area contributed by atoms with Gasteiger partial charge in [-0.3, -0.25) is 0 Å². The smallest absolute Gasteiger partial charge is 0.166 e. The summed E-state index contributed by atoms with van der Waals surface area (Å²) in [6.07, 6.45) is -9.91. The standard InChI is InChI=1S/C27H18F6/c28-26(29,30)23-16-22(17-24(18-23)27(31,32)33)25(19-10-4-1-5-11-19,20-12-6-2-7-13-20)21-14-8-3-9-15-21/h1-18H. The van der Waals surface area contributed by atoms with Gasteiger partial charge in [-0.2, -0.15) is 26.3 Å². The van der Waals surface area contributed by atoms with E-state index in [0.717, 1.165) is 12.1 Å². The third kappa shape index (κ3) is 4.25. The van der Waals surface area contributed by atoms with Gasteiger partial charge in [-0.15, -0.1) is 0 Å². The van der Waals surface area contributed by atoms with Crippen LogP contribution < -0.4 is 0 Å². The first-order valence-electron chi connectivity index (χ1n) is 10.1. The van der Waals surface area contributed by atoms with Crippen molar-refractivity contribution in [2.45, 2.75) is 17.8 Å². The van der Waals surface area contributed by atoms with Crippen LogP contribution in [-0.4, -0.2) is 0 Å². The first-order chi connectivity index (χ1) is 15.6. The van der Waals surface area contributed by atoms with E-state index in [-0.39, 0.29) is 11.6 Å². The second-order valence-electron chi connectivity index (χ2n) is 7.64. The van der Waals surface area contributed by atoms with E-state index in [1.54, 1.807) is 91.0 Å². The highest BCUT2D eigenvalue weighted by Crippen LogP contribution is 2.48. The summed E-state index contributed by atoms with van der Waals surface area (Å²) in [5.74, 6) is 0.